The number of hydrogen-bond acceptors (Lipinski definition) is 5. The van der Waals surface area contributed by atoms with Crippen LogP contribution in [0.1, 0.15) is 16.6 Å². The molecule has 0 aliphatic carbocycles. The Hall–Kier alpha value is -3.00. The van der Waals surface area contributed by atoms with E-state index in [1.165, 1.54) is 12.3 Å². The lowest BCUT2D eigenvalue weighted by Crippen LogP contribution is -2.33. The highest BCUT2D eigenvalue weighted by Gasteiger charge is 2.42. The van der Waals surface area contributed by atoms with Gasteiger partial charge in [0, 0.05) is 11.8 Å². The molecule has 0 radical (unpaired) electrons. The average Bonchev–Trinajstić information content (AvgIpc) is 2.83. The number of aliphatic hydroxyl groups excluding tert-OH is 1. The van der Waals surface area contributed by atoms with Gasteiger partial charge in [-0.05, 0) is 18.2 Å². The monoisotopic (exact) mass is 331 g/mol. The highest BCUT2D eigenvalue weighted by Crippen LogP contribution is 2.32. The summed E-state index contributed by atoms with van der Waals surface area (Å²) in [6, 6.07) is 9.75. The maximum absolute atomic E-state index is 13.9. The molecule has 2 N–H and O–H groups in total. The number of benzene rings is 1. The van der Waals surface area contributed by atoms with E-state index in [2.05, 4.69) is 16.9 Å². The van der Waals surface area contributed by atoms with E-state index in [4.69, 9.17) is 4.74 Å². The Balaban J connectivity index is 1.80. The van der Waals surface area contributed by atoms with E-state index in [-0.39, 0.29) is 11.6 Å². The molecule has 1 saturated heterocycles. The molecular formula is C16H14FN3O4. The highest BCUT2D eigenvalue weighted by atomic mass is 19.1. The topological polar surface area (TPSA) is 93.5 Å². The number of carbonyl (C=O) groups is 1. The van der Waals surface area contributed by atoms with Crippen LogP contribution in [0, 0.1) is 0 Å². The van der Waals surface area contributed by atoms with E-state index in [9.17, 15) is 19.1 Å². The lowest BCUT2D eigenvalue weighted by atomic mass is 10.2. The number of nitrogens with zero attached hydrogens (tertiary/aromatic N) is 2. The minimum absolute atomic E-state index is 0.0258. The predicted molar refractivity (Wildman–Crippen MR) is 83.1 cm³/mol. The third kappa shape index (κ3) is 2.91. The van der Waals surface area contributed by atoms with Crippen LogP contribution in [-0.2, 0) is 4.74 Å². The average molecular weight is 331 g/mol. The number of nitrogens with one attached hydrogen (secondary N) is 1. The van der Waals surface area contributed by atoms with Crippen LogP contribution >= 0.6 is 0 Å². The van der Waals surface area contributed by atoms with Crippen LogP contribution in [0.3, 0.4) is 0 Å². The molecule has 8 heteroatoms. The van der Waals surface area contributed by atoms with Crippen LogP contribution in [0.5, 0.6) is 0 Å². The Morgan fingerprint density at radius 3 is 2.62 bits per heavy atom. The van der Waals surface area contributed by atoms with Crippen molar-refractivity contribution in [2.24, 2.45) is 0 Å². The molecule has 1 amide bonds. The number of aliphatic hydroxyl groups is 1. The second-order valence-electron chi connectivity index (χ2n) is 5.19. The highest BCUT2D eigenvalue weighted by molar-refractivity contribution is 6.03. The van der Waals surface area contributed by atoms with Crippen molar-refractivity contribution in [2.45, 2.75) is 18.5 Å². The number of anilines is 1. The third-order valence-electron chi connectivity index (χ3n) is 3.56. The molecule has 0 unspecified atom stereocenters. The van der Waals surface area contributed by atoms with Crippen molar-refractivity contribution in [3.05, 3.63) is 71.0 Å². The Morgan fingerprint density at radius 2 is 2.04 bits per heavy atom. The third-order valence-corrected chi connectivity index (χ3v) is 3.56. The van der Waals surface area contributed by atoms with Crippen LogP contribution in [0.25, 0.3) is 0 Å². The van der Waals surface area contributed by atoms with Crippen LogP contribution in [0.2, 0.25) is 0 Å². The van der Waals surface area contributed by atoms with Gasteiger partial charge < -0.3 is 15.2 Å². The molecule has 124 valence electrons. The van der Waals surface area contributed by atoms with Gasteiger partial charge in [-0.1, -0.05) is 24.8 Å². The van der Waals surface area contributed by atoms with Crippen LogP contribution < -0.4 is 11.0 Å². The molecule has 3 rings (SSSR count). The summed E-state index contributed by atoms with van der Waals surface area (Å²) in [5, 5.41) is 12.0. The zero-order valence-electron chi connectivity index (χ0n) is 12.4. The minimum Gasteiger partial charge on any atom is -0.469 e. The first-order chi connectivity index (χ1) is 11.5. The van der Waals surface area contributed by atoms with Crippen molar-refractivity contribution in [3.8, 4) is 0 Å². The quantitative estimate of drug-likeness (QED) is 0.882. The molecule has 7 nitrogen and oxygen atoms in total. The number of alkyl halides is 1. The van der Waals surface area contributed by atoms with Crippen molar-refractivity contribution in [1.29, 1.82) is 0 Å². The molecule has 3 atom stereocenters. The molecule has 1 aromatic carbocycles. The van der Waals surface area contributed by atoms with Gasteiger partial charge in [-0.3, -0.25) is 9.36 Å². The maximum atomic E-state index is 13.9. The summed E-state index contributed by atoms with van der Waals surface area (Å²) in [5.41, 5.74) is -0.415. The molecule has 1 aliphatic heterocycles. The van der Waals surface area contributed by atoms with E-state index in [0.717, 1.165) is 4.57 Å². The van der Waals surface area contributed by atoms with E-state index >= 15 is 0 Å². The fraction of sp³-hybridized carbons (Fsp3) is 0.188. The number of halogens is 1. The van der Waals surface area contributed by atoms with Crippen molar-refractivity contribution in [3.63, 3.8) is 0 Å². The van der Waals surface area contributed by atoms with E-state index in [1.807, 2.05) is 0 Å². The van der Waals surface area contributed by atoms with Crippen LogP contribution in [0.15, 0.2) is 59.7 Å². The van der Waals surface area contributed by atoms with Gasteiger partial charge in [0.15, 0.2) is 6.17 Å². The second kappa shape index (κ2) is 6.25. The molecule has 0 bridgehead atoms. The number of rotatable bonds is 3. The van der Waals surface area contributed by atoms with Gasteiger partial charge >= 0.3 is 5.69 Å². The number of amides is 1. The van der Waals surface area contributed by atoms with Gasteiger partial charge in [-0.25, -0.2) is 9.18 Å². The number of aromatic nitrogens is 2. The van der Waals surface area contributed by atoms with E-state index in [1.54, 1.807) is 30.3 Å². The predicted octanol–water partition coefficient (Wildman–Crippen LogP) is 1.24. The summed E-state index contributed by atoms with van der Waals surface area (Å²) in [4.78, 5) is 27.7. The van der Waals surface area contributed by atoms with E-state index in [0.29, 0.717) is 5.56 Å². The fourth-order valence-corrected chi connectivity index (χ4v) is 2.29. The van der Waals surface area contributed by atoms with Crippen LogP contribution in [-0.4, -0.2) is 32.8 Å². The molecule has 1 aliphatic rings. The summed E-state index contributed by atoms with van der Waals surface area (Å²) < 4.78 is 19.9. The normalized spacial score (nSPS) is 22.9. The van der Waals surface area contributed by atoms with Gasteiger partial charge in [0.05, 0.1) is 0 Å². The van der Waals surface area contributed by atoms with E-state index < -0.39 is 30.1 Å². The van der Waals surface area contributed by atoms with Gasteiger partial charge in [0.2, 0.25) is 6.23 Å². The molecular weight excluding hydrogens is 317 g/mol. The lowest BCUT2D eigenvalue weighted by Gasteiger charge is -2.15. The molecule has 0 saturated carbocycles. The molecule has 1 fully saturated rings. The summed E-state index contributed by atoms with van der Waals surface area (Å²) in [6.45, 7) is 3.38. The lowest BCUT2D eigenvalue weighted by molar-refractivity contribution is 0.0343. The summed E-state index contributed by atoms with van der Waals surface area (Å²) in [7, 11) is 0. The van der Waals surface area contributed by atoms with Gasteiger partial charge in [0.25, 0.3) is 5.91 Å². The molecule has 24 heavy (non-hydrogen) atoms. The fourth-order valence-electron chi connectivity index (χ4n) is 2.29. The zero-order valence-corrected chi connectivity index (χ0v) is 12.4. The Morgan fingerprint density at radius 1 is 1.33 bits per heavy atom. The SMILES string of the molecule is C=C1O[C@@H](n2ccc(NC(=O)c3ccccc3)nc2=O)[C@H](F)[C@@H]1O. The largest absolute Gasteiger partial charge is 0.469 e. The molecule has 0 spiro atoms. The first-order valence-corrected chi connectivity index (χ1v) is 7.10. The Bertz CT molecular complexity index is 837. The van der Waals surface area contributed by atoms with Crippen LogP contribution in [0.4, 0.5) is 10.2 Å². The van der Waals surface area contributed by atoms with Crippen molar-refractivity contribution >= 4 is 11.7 Å². The smallest absolute Gasteiger partial charge is 0.352 e. The molecule has 1 aromatic heterocycles. The number of carbonyl (C=O) groups excluding carboxylic acids is 1. The summed E-state index contributed by atoms with van der Waals surface area (Å²) in [5.74, 6) is -0.553. The minimum atomic E-state index is -1.83. The van der Waals surface area contributed by atoms with Gasteiger partial charge in [-0.15, -0.1) is 0 Å². The van der Waals surface area contributed by atoms with Gasteiger partial charge in [0.1, 0.15) is 17.7 Å². The number of hydrogen-bond donors (Lipinski definition) is 2. The number of ether oxygens (including phenoxy) is 1. The van der Waals surface area contributed by atoms with Crippen molar-refractivity contribution in [1.82, 2.24) is 9.55 Å². The molecule has 2 heterocycles. The summed E-state index contributed by atoms with van der Waals surface area (Å²) >= 11 is 0. The molecule has 2 aromatic rings. The van der Waals surface area contributed by atoms with Crippen molar-refractivity contribution < 1.29 is 19.0 Å². The zero-order chi connectivity index (χ0) is 17.3. The van der Waals surface area contributed by atoms with Crippen molar-refractivity contribution in [2.75, 3.05) is 5.32 Å². The van der Waals surface area contributed by atoms with Gasteiger partial charge in [-0.2, -0.15) is 4.98 Å². The first kappa shape index (κ1) is 15.9. The maximum Gasteiger partial charge on any atom is 0.352 e. The second-order valence-corrected chi connectivity index (χ2v) is 5.19. The first-order valence-electron chi connectivity index (χ1n) is 7.10. The standard InChI is InChI=1S/C16H14FN3O4/c1-9-13(21)12(17)15(24-9)20-8-7-11(19-16(20)23)18-14(22)10-5-3-2-4-6-10/h2-8,12-13,15,21H,1H2,(H,18,19,22,23)/t12-,13-,15-/m1/s1. The summed E-state index contributed by atoms with van der Waals surface area (Å²) in [6.07, 6.45) is -3.44. The Labute approximate surface area is 136 Å². The Kier molecular flexibility index (Phi) is 4.13.